The number of guanidine groups is 1. The van der Waals surface area contributed by atoms with Gasteiger partial charge in [-0.25, -0.2) is 4.79 Å². The number of carboxylic acid groups (broad SMARTS) is 1. The molecule has 2 atom stereocenters. The van der Waals surface area contributed by atoms with E-state index < -0.39 is 5.97 Å². The maximum absolute atomic E-state index is 12.6. The molecule has 1 amide bonds. The fraction of sp³-hybridized carbons (Fsp3) is 0.438. The van der Waals surface area contributed by atoms with E-state index in [-0.39, 0.29) is 41.7 Å². The highest BCUT2D eigenvalue weighted by Crippen LogP contribution is 2.31. The summed E-state index contributed by atoms with van der Waals surface area (Å²) in [6.07, 6.45) is 3.65. The molecular formula is C16H23ClN4O3. The molecule has 0 saturated heterocycles. The summed E-state index contributed by atoms with van der Waals surface area (Å²) in [6.45, 7) is 0.418. The van der Waals surface area contributed by atoms with Crippen molar-refractivity contribution in [3.63, 3.8) is 0 Å². The number of hydrogen-bond donors (Lipinski definition) is 4. The van der Waals surface area contributed by atoms with Crippen LogP contribution in [0, 0.1) is 11.8 Å². The zero-order chi connectivity index (χ0) is 16.8. The molecule has 2 rings (SSSR count). The van der Waals surface area contributed by atoms with E-state index in [2.05, 4.69) is 10.3 Å². The van der Waals surface area contributed by atoms with Gasteiger partial charge in [0.1, 0.15) is 0 Å². The van der Waals surface area contributed by atoms with Crippen molar-refractivity contribution in [3.05, 3.63) is 29.8 Å². The number of aliphatic imine (C=N–C) groups is 1. The predicted molar refractivity (Wildman–Crippen MR) is 95.4 cm³/mol. The average Bonchev–Trinajstić information content (AvgIpc) is 2.53. The number of hydrogen-bond acceptors (Lipinski definition) is 3. The number of carbonyl (C=O) groups is 2. The third-order valence-corrected chi connectivity index (χ3v) is 4.17. The summed E-state index contributed by atoms with van der Waals surface area (Å²) in [4.78, 5) is 27.8. The number of nitrogens with two attached hydrogens (primary N) is 2. The van der Waals surface area contributed by atoms with Crippen molar-refractivity contribution in [2.24, 2.45) is 28.3 Å². The summed E-state index contributed by atoms with van der Waals surface area (Å²) in [6, 6.07) is 6.38. The monoisotopic (exact) mass is 354 g/mol. The van der Waals surface area contributed by atoms with Gasteiger partial charge in [0, 0.05) is 12.5 Å². The summed E-state index contributed by atoms with van der Waals surface area (Å²) in [7, 11) is 0. The van der Waals surface area contributed by atoms with Gasteiger partial charge >= 0.3 is 5.97 Å². The smallest absolute Gasteiger partial charge is 0.337 e. The molecule has 2 unspecified atom stereocenters. The standard InChI is InChI=1S/C16H22N4O3.ClH/c17-16(18)19-9-10-5-1-2-6-11(10)14(21)20-13-8-4-3-7-12(13)15(22)23;/h3-4,7-8,10-11H,1-2,5-6,9H2,(H,20,21)(H,22,23)(H4,17,18,19);1H. The van der Waals surface area contributed by atoms with Crippen LogP contribution in [0.4, 0.5) is 5.69 Å². The van der Waals surface area contributed by atoms with E-state index in [0.29, 0.717) is 12.2 Å². The molecule has 132 valence electrons. The first-order valence-corrected chi connectivity index (χ1v) is 7.67. The van der Waals surface area contributed by atoms with Crippen molar-refractivity contribution in [1.29, 1.82) is 0 Å². The quantitative estimate of drug-likeness (QED) is 0.473. The highest BCUT2D eigenvalue weighted by molar-refractivity contribution is 6.01. The van der Waals surface area contributed by atoms with Gasteiger partial charge in [0.2, 0.25) is 5.91 Å². The summed E-state index contributed by atoms with van der Waals surface area (Å²) in [5, 5.41) is 11.9. The van der Waals surface area contributed by atoms with Crippen molar-refractivity contribution < 1.29 is 14.7 Å². The summed E-state index contributed by atoms with van der Waals surface area (Å²) >= 11 is 0. The van der Waals surface area contributed by atoms with Crippen molar-refractivity contribution in [3.8, 4) is 0 Å². The van der Waals surface area contributed by atoms with Gasteiger partial charge in [-0.05, 0) is 30.9 Å². The van der Waals surface area contributed by atoms with E-state index in [9.17, 15) is 14.7 Å². The van der Waals surface area contributed by atoms with Crippen LogP contribution in [0.3, 0.4) is 0 Å². The summed E-state index contributed by atoms with van der Waals surface area (Å²) in [5.41, 5.74) is 11.1. The van der Waals surface area contributed by atoms with Crippen LogP contribution in [0.2, 0.25) is 0 Å². The van der Waals surface area contributed by atoms with Crippen LogP contribution < -0.4 is 16.8 Å². The number of nitrogens with one attached hydrogen (secondary N) is 1. The largest absolute Gasteiger partial charge is 0.478 e. The topological polar surface area (TPSA) is 131 Å². The van der Waals surface area contributed by atoms with Gasteiger partial charge < -0.3 is 21.9 Å². The number of amides is 1. The van der Waals surface area contributed by atoms with Gasteiger partial charge in [-0.1, -0.05) is 25.0 Å². The van der Waals surface area contributed by atoms with Gasteiger partial charge in [-0.3, -0.25) is 9.79 Å². The molecule has 1 aromatic rings. The minimum absolute atomic E-state index is 0. The lowest BCUT2D eigenvalue weighted by Crippen LogP contribution is -2.34. The van der Waals surface area contributed by atoms with Gasteiger partial charge in [0.25, 0.3) is 0 Å². The van der Waals surface area contributed by atoms with Crippen LogP contribution in [-0.2, 0) is 4.79 Å². The molecule has 0 aromatic heterocycles. The number of aromatic carboxylic acids is 1. The van der Waals surface area contributed by atoms with Crippen LogP contribution in [0.15, 0.2) is 29.3 Å². The van der Waals surface area contributed by atoms with Crippen molar-refractivity contribution in [2.75, 3.05) is 11.9 Å². The Morgan fingerprint density at radius 3 is 2.54 bits per heavy atom. The molecule has 7 nitrogen and oxygen atoms in total. The lowest BCUT2D eigenvalue weighted by atomic mass is 9.78. The first-order chi connectivity index (χ1) is 11.0. The molecule has 0 heterocycles. The second-order valence-corrected chi connectivity index (χ2v) is 5.76. The maximum Gasteiger partial charge on any atom is 0.337 e. The Balaban J connectivity index is 0.00000288. The Morgan fingerprint density at radius 2 is 1.88 bits per heavy atom. The fourth-order valence-corrected chi connectivity index (χ4v) is 3.00. The molecule has 1 aliphatic carbocycles. The van der Waals surface area contributed by atoms with E-state index in [0.717, 1.165) is 25.7 Å². The van der Waals surface area contributed by atoms with Crippen LogP contribution in [-0.4, -0.2) is 29.5 Å². The maximum atomic E-state index is 12.6. The third kappa shape index (κ3) is 5.13. The van der Waals surface area contributed by atoms with Gasteiger partial charge in [0.05, 0.1) is 11.3 Å². The Bertz CT molecular complexity index is 617. The summed E-state index contributed by atoms with van der Waals surface area (Å²) in [5.74, 6) is -1.36. The molecular weight excluding hydrogens is 332 g/mol. The molecule has 1 aliphatic rings. The number of rotatable bonds is 5. The normalized spacial score (nSPS) is 19.7. The van der Waals surface area contributed by atoms with E-state index in [1.807, 2.05) is 0 Å². The van der Waals surface area contributed by atoms with Crippen molar-refractivity contribution >= 4 is 35.9 Å². The SMILES string of the molecule is Cl.NC(N)=NCC1CCCCC1C(=O)Nc1ccccc1C(=O)O. The lowest BCUT2D eigenvalue weighted by molar-refractivity contribution is -0.122. The minimum atomic E-state index is -1.07. The Morgan fingerprint density at radius 1 is 1.21 bits per heavy atom. The lowest BCUT2D eigenvalue weighted by Gasteiger charge is -2.29. The van der Waals surface area contributed by atoms with Gasteiger partial charge in [-0.2, -0.15) is 0 Å². The third-order valence-electron chi connectivity index (χ3n) is 4.17. The molecule has 0 radical (unpaired) electrons. The van der Waals surface area contributed by atoms with Crippen LogP contribution in [0.25, 0.3) is 0 Å². The molecule has 6 N–H and O–H groups in total. The number of para-hydroxylation sites is 1. The zero-order valence-electron chi connectivity index (χ0n) is 13.3. The molecule has 1 saturated carbocycles. The Hall–Kier alpha value is -2.28. The molecule has 0 bridgehead atoms. The number of benzene rings is 1. The molecule has 1 aromatic carbocycles. The van der Waals surface area contributed by atoms with Crippen molar-refractivity contribution in [1.82, 2.24) is 0 Å². The van der Waals surface area contributed by atoms with Crippen LogP contribution >= 0.6 is 12.4 Å². The van der Waals surface area contributed by atoms with E-state index in [1.54, 1.807) is 18.2 Å². The number of carboxylic acids is 1. The van der Waals surface area contributed by atoms with Gasteiger partial charge in [-0.15, -0.1) is 12.4 Å². The minimum Gasteiger partial charge on any atom is -0.478 e. The van der Waals surface area contributed by atoms with E-state index in [1.165, 1.54) is 6.07 Å². The number of halogens is 1. The predicted octanol–water partition coefficient (Wildman–Crippen LogP) is 1.82. The first kappa shape index (κ1) is 19.8. The zero-order valence-corrected chi connectivity index (χ0v) is 14.1. The van der Waals surface area contributed by atoms with Crippen molar-refractivity contribution in [2.45, 2.75) is 25.7 Å². The van der Waals surface area contributed by atoms with Gasteiger partial charge in [0.15, 0.2) is 5.96 Å². The molecule has 8 heteroatoms. The molecule has 24 heavy (non-hydrogen) atoms. The summed E-state index contributed by atoms with van der Waals surface area (Å²) < 4.78 is 0. The first-order valence-electron chi connectivity index (χ1n) is 7.67. The van der Waals surface area contributed by atoms with E-state index >= 15 is 0 Å². The van der Waals surface area contributed by atoms with Crippen LogP contribution in [0.1, 0.15) is 36.0 Å². The second-order valence-electron chi connectivity index (χ2n) is 5.76. The average molecular weight is 355 g/mol. The van der Waals surface area contributed by atoms with Crippen LogP contribution in [0.5, 0.6) is 0 Å². The Labute approximate surface area is 146 Å². The molecule has 0 aliphatic heterocycles. The number of anilines is 1. The Kier molecular flexibility index (Phi) is 7.51. The van der Waals surface area contributed by atoms with E-state index in [4.69, 9.17) is 11.5 Å². The molecule has 0 spiro atoms. The molecule has 1 fully saturated rings. The highest BCUT2D eigenvalue weighted by atomic mass is 35.5. The number of carbonyl (C=O) groups excluding carboxylic acids is 1. The fourth-order valence-electron chi connectivity index (χ4n) is 3.00. The second kappa shape index (κ2) is 9.12. The number of nitrogens with zero attached hydrogens (tertiary/aromatic N) is 1. The highest BCUT2D eigenvalue weighted by Gasteiger charge is 2.31.